The van der Waals surface area contributed by atoms with Gasteiger partial charge in [-0.1, -0.05) is 86.1 Å². The Morgan fingerprint density at radius 2 is 1.64 bits per heavy atom. The predicted molar refractivity (Wildman–Crippen MR) is 135 cm³/mol. The summed E-state index contributed by atoms with van der Waals surface area (Å²) in [6, 6.07) is 30.6. The number of aromatic nitrogens is 1. The molecule has 1 aromatic heterocycles. The molecule has 0 bridgehead atoms. The molecule has 1 heterocycles. The summed E-state index contributed by atoms with van der Waals surface area (Å²) in [6.45, 7) is 2.96. The third-order valence-corrected chi connectivity index (χ3v) is 5.62. The molecule has 0 fully saturated rings. The van der Waals surface area contributed by atoms with Gasteiger partial charge in [-0.25, -0.2) is 4.99 Å². The van der Waals surface area contributed by atoms with E-state index in [4.69, 9.17) is 9.73 Å². The lowest BCUT2D eigenvalue weighted by molar-refractivity contribution is 0.415. The minimum Gasteiger partial charge on any atom is -0.497 e. The minimum absolute atomic E-state index is 0.593. The van der Waals surface area contributed by atoms with Crippen LogP contribution < -0.4 is 4.74 Å². The normalized spacial score (nSPS) is 10.9. The Labute approximate surface area is 195 Å². The van der Waals surface area contributed by atoms with Crippen molar-refractivity contribution in [1.29, 1.82) is 5.26 Å². The number of benzene rings is 3. The van der Waals surface area contributed by atoms with Crippen molar-refractivity contribution in [1.82, 2.24) is 4.57 Å². The third-order valence-electron chi connectivity index (χ3n) is 5.62. The summed E-state index contributed by atoms with van der Waals surface area (Å²) in [4.78, 5) is 4.87. The molecule has 0 spiro atoms. The molecule has 0 radical (unpaired) electrons. The van der Waals surface area contributed by atoms with E-state index in [1.54, 1.807) is 7.11 Å². The van der Waals surface area contributed by atoms with Crippen LogP contribution in [-0.4, -0.2) is 17.9 Å². The topological polar surface area (TPSA) is 50.3 Å². The molecule has 0 N–H and O–H groups in total. The number of nitriles is 1. The maximum absolute atomic E-state index is 10.3. The Morgan fingerprint density at radius 3 is 2.27 bits per heavy atom. The van der Waals surface area contributed by atoms with E-state index in [-0.39, 0.29) is 0 Å². The van der Waals surface area contributed by atoms with Crippen molar-refractivity contribution in [3.05, 3.63) is 96.1 Å². The summed E-state index contributed by atoms with van der Waals surface area (Å²) < 4.78 is 7.55. The van der Waals surface area contributed by atoms with E-state index in [2.05, 4.69) is 41.8 Å². The van der Waals surface area contributed by atoms with Crippen LogP contribution in [0, 0.1) is 11.3 Å². The lowest BCUT2D eigenvalue weighted by atomic mass is 9.98. The van der Waals surface area contributed by atoms with E-state index in [0.717, 1.165) is 53.1 Å². The Morgan fingerprint density at radius 1 is 0.939 bits per heavy atom. The number of unbranched alkanes of at least 4 members (excludes halogenated alkanes) is 1. The zero-order chi connectivity index (χ0) is 23.0. The monoisotopic (exact) mass is 433 g/mol. The van der Waals surface area contributed by atoms with Crippen LogP contribution in [0.2, 0.25) is 0 Å². The van der Waals surface area contributed by atoms with Crippen LogP contribution in [0.5, 0.6) is 5.75 Å². The summed E-state index contributed by atoms with van der Waals surface area (Å²) in [5.41, 5.74) is 5.56. The average Bonchev–Trinajstić information content (AvgIpc) is 3.20. The highest BCUT2D eigenvalue weighted by atomic mass is 16.5. The van der Waals surface area contributed by atoms with Gasteiger partial charge in [0.15, 0.2) is 5.82 Å². The number of methoxy groups -OCH3 is 1. The minimum atomic E-state index is 0.593. The smallest absolute Gasteiger partial charge is 0.151 e. The Kier molecular flexibility index (Phi) is 7.02. The molecule has 164 valence electrons. The van der Waals surface area contributed by atoms with E-state index in [0.29, 0.717) is 11.4 Å². The molecule has 4 aromatic rings. The first-order valence-corrected chi connectivity index (χ1v) is 11.2. The molecule has 3 aromatic carbocycles. The number of nitrogens with zero attached hydrogens (tertiary/aromatic N) is 3. The number of ether oxygens (including phenoxy) is 1. The maximum Gasteiger partial charge on any atom is 0.151 e. The van der Waals surface area contributed by atoms with Gasteiger partial charge >= 0.3 is 0 Å². The lowest BCUT2D eigenvalue weighted by Gasteiger charge is -2.13. The van der Waals surface area contributed by atoms with Gasteiger partial charge in [0.1, 0.15) is 17.4 Å². The van der Waals surface area contributed by atoms with Crippen molar-refractivity contribution in [2.45, 2.75) is 26.3 Å². The van der Waals surface area contributed by atoms with Gasteiger partial charge in [0, 0.05) is 18.3 Å². The first-order chi connectivity index (χ1) is 16.3. The number of hydrogen-bond donors (Lipinski definition) is 0. The summed E-state index contributed by atoms with van der Waals surface area (Å²) in [7, 11) is 1.65. The fourth-order valence-electron chi connectivity index (χ4n) is 4.02. The average molecular weight is 434 g/mol. The third kappa shape index (κ3) is 4.73. The molecule has 4 heteroatoms. The van der Waals surface area contributed by atoms with Gasteiger partial charge in [-0.15, -0.1) is 0 Å². The van der Waals surface area contributed by atoms with Crippen molar-refractivity contribution < 1.29 is 4.74 Å². The molecule has 0 aliphatic heterocycles. The molecule has 0 aliphatic carbocycles. The standard InChI is InChI=1S/C29H27N3O/c1-3-4-18-32-28(24-15-9-6-10-16-24)27(23-13-7-5-8-14-23)26(20-30)29(32)31-21-22-12-11-17-25(19-22)33-2/h5-17,19,21H,3-4,18H2,1-2H3. The Hall–Kier alpha value is -4.10. The molecule has 0 amide bonds. The molecule has 0 unspecified atom stereocenters. The van der Waals surface area contributed by atoms with Crippen LogP contribution in [0.1, 0.15) is 30.9 Å². The van der Waals surface area contributed by atoms with E-state index in [1.807, 2.05) is 66.9 Å². The van der Waals surface area contributed by atoms with Crippen LogP contribution in [0.15, 0.2) is 89.9 Å². The van der Waals surface area contributed by atoms with Crippen molar-refractivity contribution >= 4 is 12.0 Å². The summed E-state index contributed by atoms with van der Waals surface area (Å²) in [6.07, 6.45) is 3.86. The molecular formula is C29H27N3O. The highest BCUT2D eigenvalue weighted by Crippen LogP contribution is 2.42. The molecule has 0 aliphatic rings. The zero-order valence-electron chi connectivity index (χ0n) is 19.0. The van der Waals surface area contributed by atoms with Crippen molar-refractivity contribution in [2.75, 3.05) is 7.11 Å². The van der Waals surface area contributed by atoms with Crippen molar-refractivity contribution in [3.63, 3.8) is 0 Å². The molecular weight excluding hydrogens is 406 g/mol. The fourth-order valence-corrected chi connectivity index (χ4v) is 4.02. The van der Waals surface area contributed by atoms with Gasteiger partial charge in [-0.3, -0.25) is 0 Å². The van der Waals surface area contributed by atoms with Crippen LogP contribution in [-0.2, 0) is 6.54 Å². The first-order valence-electron chi connectivity index (χ1n) is 11.2. The van der Waals surface area contributed by atoms with Gasteiger partial charge in [0.2, 0.25) is 0 Å². The first kappa shape index (κ1) is 22.1. The predicted octanol–water partition coefficient (Wildman–Crippen LogP) is 7.25. The number of hydrogen-bond acceptors (Lipinski definition) is 3. The van der Waals surface area contributed by atoms with Crippen LogP contribution in [0.4, 0.5) is 5.82 Å². The van der Waals surface area contributed by atoms with Crippen LogP contribution >= 0.6 is 0 Å². The molecule has 0 atom stereocenters. The second-order valence-electron chi connectivity index (χ2n) is 7.81. The van der Waals surface area contributed by atoms with Gasteiger partial charge in [0.05, 0.1) is 12.8 Å². The van der Waals surface area contributed by atoms with E-state index in [1.165, 1.54) is 0 Å². The molecule has 4 nitrogen and oxygen atoms in total. The van der Waals surface area contributed by atoms with Gasteiger partial charge < -0.3 is 9.30 Å². The second-order valence-corrected chi connectivity index (χ2v) is 7.81. The van der Waals surface area contributed by atoms with E-state index in [9.17, 15) is 5.26 Å². The van der Waals surface area contributed by atoms with E-state index < -0.39 is 0 Å². The lowest BCUT2D eigenvalue weighted by Crippen LogP contribution is -2.00. The molecule has 0 saturated carbocycles. The summed E-state index contributed by atoms with van der Waals surface area (Å²) >= 11 is 0. The Bertz CT molecular complexity index is 1280. The summed E-state index contributed by atoms with van der Waals surface area (Å²) in [5.74, 6) is 1.46. The summed E-state index contributed by atoms with van der Waals surface area (Å²) in [5, 5.41) is 10.3. The quantitative estimate of drug-likeness (QED) is 0.275. The molecule has 4 rings (SSSR count). The van der Waals surface area contributed by atoms with Crippen LogP contribution in [0.3, 0.4) is 0 Å². The highest BCUT2D eigenvalue weighted by molar-refractivity contribution is 5.92. The number of rotatable bonds is 8. The highest BCUT2D eigenvalue weighted by Gasteiger charge is 2.24. The second kappa shape index (κ2) is 10.5. The SMILES string of the molecule is CCCCn1c(N=Cc2cccc(OC)c2)c(C#N)c(-c2ccccc2)c1-c1ccccc1. The molecule has 0 saturated heterocycles. The van der Waals surface area contributed by atoms with Gasteiger partial charge in [-0.2, -0.15) is 5.26 Å². The maximum atomic E-state index is 10.3. The van der Waals surface area contributed by atoms with Crippen molar-refractivity contribution in [3.8, 4) is 34.2 Å². The number of aliphatic imine (C=N–C) groups is 1. The van der Waals surface area contributed by atoms with Crippen molar-refractivity contribution in [2.24, 2.45) is 4.99 Å². The molecule has 33 heavy (non-hydrogen) atoms. The largest absolute Gasteiger partial charge is 0.497 e. The fraction of sp³-hybridized carbons (Fsp3) is 0.172. The Balaban J connectivity index is 1.98. The van der Waals surface area contributed by atoms with Crippen LogP contribution in [0.25, 0.3) is 22.4 Å². The van der Waals surface area contributed by atoms with Gasteiger partial charge in [0.25, 0.3) is 0 Å². The zero-order valence-corrected chi connectivity index (χ0v) is 19.0. The van der Waals surface area contributed by atoms with E-state index >= 15 is 0 Å². The van der Waals surface area contributed by atoms with Gasteiger partial charge in [-0.05, 0) is 35.2 Å².